The van der Waals surface area contributed by atoms with E-state index in [0.29, 0.717) is 63.3 Å². The molecule has 1 amide bonds. The van der Waals surface area contributed by atoms with Crippen molar-refractivity contribution in [2.45, 2.75) is 19.4 Å². The Bertz CT molecular complexity index is 1220. The lowest BCUT2D eigenvalue weighted by atomic mass is 9.94. The Balaban J connectivity index is 1.95. The molecule has 34 heavy (non-hydrogen) atoms. The molecule has 1 atom stereocenters. The topological polar surface area (TPSA) is 117 Å². The number of carbonyl (C=O) groups is 1. The van der Waals surface area contributed by atoms with E-state index in [4.69, 9.17) is 25.8 Å². The van der Waals surface area contributed by atoms with Gasteiger partial charge >= 0.3 is 0 Å². The molecule has 1 aliphatic rings. The third-order valence-corrected chi connectivity index (χ3v) is 6.36. The molecule has 1 aliphatic heterocycles. The van der Waals surface area contributed by atoms with E-state index in [0.717, 1.165) is 5.56 Å². The number of aryl methyl sites for hydroxylation is 1. The van der Waals surface area contributed by atoms with E-state index < -0.39 is 6.04 Å². The highest BCUT2D eigenvalue weighted by molar-refractivity contribution is 6.31. The summed E-state index contributed by atoms with van der Waals surface area (Å²) in [5.74, 6) is 1.03. The van der Waals surface area contributed by atoms with Crippen LogP contribution >= 0.6 is 11.6 Å². The number of methoxy groups -OCH3 is 3. The maximum atomic E-state index is 13.4. The first-order valence-corrected chi connectivity index (χ1v) is 11.0. The molecule has 0 spiro atoms. The first-order chi connectivity index (χ1) is 16.4. The summed E-state index contributed by atoms with van der Waals surface area (Å²) in [7, 11) is 4.56. The third-order valence-electron chi connectivity index (χ3n) is 5.96. The Kier molecular flexibility index (Phi) is 6.58. The molecule has 1 aromatic heterocycles. The molecular weight excluding hydrogens is 462 g/mol. The lowest BCUT2D eigenvalue weighted by Gasteiger charge is -2.27. The Hall–Kier alpha value is -3.43. The van der Waals surface area contributed by atoms with Gasteiger partial charge in [-0.25, -0.2) is 0 Å². The number of aliphatic hydroxyl groups is 1. The van der Waals surface area contributed by atoms with Crippen LogP contribution in [0.2, 0.25) is 5.02 Å². The zero-order valence-electron chi connectivity index (χ0n) is 19.3. The molecule has 2 aromatic carbocycles. The fourth-order valence-corrected chi connectivity index (χ4v) is 4.50. The Labute approximate surface area is 201 Å². The number of aromatic nitrogens is 2. The van der Waals surface area contributed by atoms with E-state index in [1.807, 2.05) is 0 Å². The number of carbonyl (C=O) groups excluding carboxylic acids is 1. The first kappa shape index (κ1) is 23.7. The summed E-state index contributed by atoms with van der Waals surface area (Å²) in [6, 6.07) is 6.16. The van der Waals surface area contributed by atoms with Crippen LogP contribution in [0.25, 0.3) is 11.3 Å². The van der Waals surface area contributed by atoms with E-state index >= 15 is 0 Å². The van der Waals surface area contributed by atoms with Crippen LogP contribution in [0.5, 0.6) is 23.0 Å². The van der Waals surface area contributed by atoms with Crippen molar-refractivity contribution in [2.75, 3.05) is 34.5 Å². The van der Waals surface area contributed by atoms with Gasteiger partial charge in [0.1, 0.15) is 17.1 Å². The van der Waals surface area contributed by atoms with Crippen molar-refractivity contribution in [1.29, 1.82) is 0 Å². The van der Waals surface area contributed by atoms with Crippen molar-refractivity contribution < 1.29 is 29.2 Å². The van der Waals surface area contributed by atoms with Gasteiger partial charge in [0.25, 0.3) is 5.91 Å². The SMILES string of the molecule is COc1cc([C@@H]2c3c(-c4cc(Cl)c(C)cc4O)n[nH]c3C(=O)N2CCCO)cc(OC)c1OC. The number of nitrogens with zero attached hydrogens (tertiary/aromatic N) is 2. The predicted molar refractivity (Wildman–Crippen MR) is 126 cm³/mol. The van der Waals surface area contributed by atoms with Crippen LogP contribution in [0.15, 0.2) is 24.3 Å². The molecule has 0 saturated heterocycles. The number of phenolic OH excluding ortho intramolecular Hbond substituents is 1. The van der Waals surface area contributed by atoms with Crippen LogP contribution in [0.1, 0.15) is 39.6 Å². The fraction of sp³-hybridized carbons (Fsp3) is 0.333. The van der Waals surface area contributed by atoms with Gasteiger partial charge in [-0.15, -0.1) is 0 Å². The molecule has 0 unspecified atom stereocenters. The van der Waals surface area contributed by atoms with E-state index in [-0.39, 0.29) is 18.3 Å². The second-order valence-electron chi connectivity index (χ2n) is 7.92. The zero-order chi connectivity index (χ0) is 24.6. The quantitative estimate of drug-likeness (QED) is 0.443. The number of hydrogen-bond acceptors (Lipinski definition) is 7. The van der Waals surface area contributed by atoms with Gasteiger partial charge in [0.15, 0.2) is 11.5 Å². The Morgan fingerprint density at radius 2 is 1.79 bits per heavy atom. The van der Waals surface area contributed by atoms with Crippen molar-refractivity contribution in [1.82, 2.24) is 15.1 Å². The molecule has 0 aliphatic carbocycles. The molecule has 0 bridgehead atoms. The number of rotatable bonds is 8. The van der Waals surface area contributed by atoms with Gasteiger partial charge < -0.3 is 29.3 Å². The number of aliphatic hydroxyl groups excluding tert-OH is 1. The number of ether oxygens (including phenoxy) is 3. The highest BCUT2D eigenvalue weighted by Crippen LogP contribution is 2.48. The highest BCUT2D eigenvalue weighted by atomic mass is 35.5. The standard InChI is InChI=1S/C24H26ClN3O6/c1-12-8-16(30)14(11-15(12)25)20-19-21(27-26-20)24(31)28(6-5-7-29)22(19)13-9-17(32-2)23(34-4)18(10-13)33-3/h8-11,22,29-30H,5-7H2,1-4H3,(H,26,27)/t22-/m1/s1. The summed E-state index contributed by atoms with van der Waals surface area (Å²) >= 11 is 6.34. The van der Waals surface area contributed by atoms with Crippen molar-refractivity contribution in [3.05, 3.63) is 51.7 Å². The minimum atomic E-state index is -0.587. The minimum absolute atomic E-state index is 0.00102. The summed E-state index contributed by atoms with van der Waals surface area (Å²) in [5, 5.41) is 27.8. The second kappa shape index (κ2) is 9.44. The Morgan fingerprint density at radius 3 is 2.38 bits per heavy atom. The average molecular weight is 488 g/mol. The summed E-state index contributed by atoms with van der Waals surface area (Å²) in [4.78, 5) is 15.0. The van der Waals surface area contributed by atoms with Crippen molar-refractivity contribution in [3.63, 3.8) is 0 Å². The number of aromatic amines is 1. The van der Waals surface area contributed by atoms with Gasteiger partial charge in [-0.2, -0.15) is 5.10 Å². The third kappa shape index (κ3) is 3.80. The average Bonchev–Trinajstić information content (AvgIpc) is 3.37. The van der Waals surface area contributed by atoms with Gasteiger partial charge in [0, 0.05) is 29.3 Å². The van der Waals surface area contributed by atoms with Crippen molar-refractivity contribution >= 4 is 17.5 Å². The van der Waals surface area contributed by atoms with Crippen LogP contribution in [0.4, 0.5) is 0 Å². The largest absolute Gasteiger partial charge is 0.507 e. The van der Waals surface area contributed by atoms with Crippen LogP contribution in [-0.4, -0.2) is 65.7 Å². The molecule has 0 saturated carbocycles. The predicted octanol–water partition coefficient (Wildman–Crippen LogP) is 3.70. The molecule has 0 radical (unpaired) electrons. The van der Waals surface area contributed by atoms with Gasteiger partial charge in [-0.05, 0) is 48.7 Å². The maximum Gasteiger partial charge on any atom is 0.273 e. The number of benzene rings is 2. The smallest absolute Gasteiger partial charge is 0.273 e. The molecule has 4 rings (SSSR count). The number of fused-ring (bicyclic) bond motifs is 1. The Morgan fingerprint density at radius 1 is 1.12 bits per heavy atom. The molecule has 0 fully saturated rings. The fourth-order valence-electron chi connectivity index (χ4n) is 4.34. The van der Waals surface area contributed by atoms with Crippen LogP contribution < -0.4 is 14.2 Å². The van der Waals surface area contributed by atoms with Gasteiger partial charge in [0.2, 0.25) is 5.75 Å². The normalized spacial score (nSPS) is 14.9. The minimum Gasteiger partial charge on any atom is -0.507 e. The van der Waals surface area contributed by atoms with Gasteiger partial charge in [-0.1, -0.05) is 11.6 Å². The van der Waals surface area contributed by atoms with E-state index in [2.05, 4.69) is 10.2 Å². The summed E-state index contributed by atoms with van der Waals surface area (Å²) in [6.45, 7) is 2.03. The molecule has 180 valence electrons. The molecule has 2 heterocycles. The van der Waals surface area contributed by atoms with E-state index in [9.17, 15) is 15.0 Å². The van der Waals surface area contributed by atoms with Crippen LogP contribution in [0.3, 0.4) is 0 Å². The molecular formula is C24H26ClN3O6. The zero-order valence-corrected chi connectivity index (χ0v) is 20.1. The van der Waals surface area contributed by atoms with Crippen LogP contribution in [-0.2, 0) is 0 Å². The highest BCUT2D eigenvalue weighted by Gasteiger charge is 2.43. The summed E-state index contributed by atoms with van der Waals surface area (Å²) in [5.41, 5.74) is 3.13. The number of halogens is 1. The molecule has 9 nitrogen and oxygen atoms in total. The first-order valence-electron chi connectivity index (χ1n) is 10.7. The van der Waals surface area contributed by atoms with E-state index in [1.165, 1.54) is 21.3 Å². The lowest BCUT2D eigenvalue weighted by Crippen LogP contribution is -2.31. The molecule has 10 heteroatoms. The number of amides is 1. The second-order valence-corrected chi connectivity index (χ2v) is 8.32. The van der Waals surface area contributed by atoms with E-state index in [1.54, 1.807) is 36.1 Å². The van der Waals surface area contributed by atoms with Crippen molar-refractivity contribution in [2.24, 2.45) is 0 Å². The van der Waals surface area contributed by atoms with Crippen molar-refractivity contribution in [3.8, 4) is 34.3 Å². The number of nitrogens with one attached hydrogen (secondary N) is 1. The summed E-state index contributed by atoms with van der Waals surface area (Å²) < 4.78 is 16.5. The molecule has 3 aromatic rings. The number of aromatic hydroxyl groups is 1. The lowest BCUT2D eigenvalue weighted by molar-refractivity contribution is 0.0731. The summed E-state index contributed by atoms with van der Waals surface area (Å²) in [6.07, 6.45) is 0.390. The van der Waals surface area contributed by atoms with Gasteiger partial charge in [0.05, 0.1) is 27.4 Å². The number of H-pyrrole nitrogens is 1. The number of hydrogen-bond donors (Lipinski definition) is 3. The number of phenols is 1. The monoisotopic (exact) mass is 487 g/mol. The van der Waals surface area contributed by atoms with Gasteiger partial charge in [-0.3, -0.25) is 9.89 Å². The maximum absolute atomic E-state index is 13.4. The molecule has 3 N–H and O–H groups in total. The van der Waals surface area contributed by atoms with Crippen LogP contribution in [0, 0.1) is 6.92 Å².